The zero-order valence-corrected chi connectivity index (χ0v) is 16.2. The molecule has 1 aliphatic heterocycles. The Labute approximate surface area is 167 Å². The van der Waals surface area contributed by atoms with Crippen molar-refractivity contribution in [1.82, 2.24) is 29.6 Å². The van der Waals surface area contributed by atoms with E-state index in [1.54, 1.807) is 43.4 Å². The molecule has 10 nitrogen and oxygen atoms in total. The van der Waals surface area contributed by atoms with Gasteiger partial charge in [-0.3, -0.25) is 4.79 Å². The van der Waals surface area contributed by atoms with E-state index in [1.165, 1.54) is 12.7 Å². The maximum Gasteiger partial charge on any atom is 0.257 e. The molecular weight excluding hydrogens is 374 g/mol. The van der Waals surface area contributed by atoms with Crippen molar-refractivity contribution in [2.45, 2.75) is 0 Å². The van der Waals surface area contributed by atoms with Crippen LogP contribution in [-0.2, 0) is 0 Å². The van der Waals surface area contributed by atoms with Crippen LogP contribution < -0.4 is 14.4 Å². The third-order valence-corrected chi connectivity index (χ3v) is 4.82. The zero-order chi connectivity index (χ0) is 20.2. The van der Waals surface area contributed by atoms with E-state index in [-0.39, 0.29) is 5.91 Å². The Kier molecular flexibility index (Phi) is 5.23. The van der Waals surface area contributed by atoms with E-state index in [0.717, 1.165) is 5.82 Å². The van der Waals surface area contributed by atoms with Crippen LogP contribution in [0.1, 0.15) is 10.4 Å². The number of hydrogen-bond donors (Lipinski definition) is 0. The molecule has 0 bridgehead atoms. The second kappa shape index (κ2) is 8.13. The first kappa shape index (κ1) is 18.7. The van der Waals surface area contributed by atoms with Crippen molar-refractivity contribution in [3.8, 4) is 17.3 Å². The van der Waals surface area contributed by atoms with Crippen LogP contribution in [0.25, 0.3) is 5.82 Å². The normalized spacial score (nSPS) is 14.0. The van der Waals surface area contributed by atoms with Crippen LogP contribution in [0.3, 0.4) is 0 Å². The molecular formula is C19H21N7O3. The molecule has 29 heavy (non-hydrogen) atoms. The van der Waals surface area contributed by atoms with Gasteiger partial charge in [0.25, 0.3) is 5.91 Å². The number of piperazine rings is 1. The summed E-state index contributed by atoms with van der Waals surface area (Å²) >= 11 is 0. The largest absolute Gasteiger partial charge is 0.497 e. The fourth-order valence-electron chi connectivity index (χ4n) is 3.25. The number of rotatable bonds is 5. The van der Waals surface area contributed by atoms with Gasteiger partial charge in [0.2, 0.25) is 0 Å². The second-order valence-electron chi connectivity index (χ2n) is 6.42. The number of benzene rings is 1. The molecule has 0 saturated carbocycles. The third kappa shape index (κ3) is 3.82. The molecule has 0 aliphatic carbocycles. The Balaban J connectivity index is 1.46. The highest BCUT2D eigenvalue weighted by molar-refractivity contribution is 5.97. The van der Waals surface area contributed by atoms with E-state index in [0.29, 0.717) is 49.1 Å². The molecule has 1 aliphatic rings. The molecule has 1 amide bonds. The summed E-state index contributed by atoms with van der Waals surface area (Å²) < 4.78 is 12.2. The number of hydrogen-bond acceptors (Lipinski definition) is 8. The van der Waals surface area contributed by atoms with Crippen LogP contribution in [0, 0.1) is 0 Å². The van der Waals surface area contributed by atoms with Gasteiger partial charge in [-0.05, 0) is 18.2 Å². The molecule has 10 heteroatoms. The van der Waals surface area contributed by atoms with Crippen molar-refractivity contribution >= 4 is 11.7 Å². The minimum Gasteiger partial charge on any atom is -0.497 e. The van der Waals surface area contributed by atoms with Gasteiger partial charge in [0, 0.05) is 32.2 Å². The molecule has 0 N–H and O–H groups in total. The summed E-state index contributed by atoms with van der Waals surface area (Å²) in [5.74, 6) is 2.51. The zero-order valence-electron chi connectivity index (χ0n) is 16.2. The highest BCUT2D eigenvalue weighted by Crippen LogP contribution is 2.26. The minimum atomic E-state index is -0.0774. The van der Waals surface area contributed by atoms with Crippen LogP contribution in [-0.4, -0.2) is 75.9 Å². The molecule has 1 saturated heterocycles. The highest BCUT2D eigenvalue weighted by Gasteiger charge is 2.25. The predicted octanol–water partition coefficient (Wildman–Crippen LogP) is 1.04. The van der Waals surface area contributed by atoms with E-state index < -0.39 is 0 Å². The summed E-state index contributed by atoms with van der Waals surface area (Å²) in [5, 5.41) is 4.09. The van der Waals surface area contributed by atoms with Gasteiger partial charge in [-0.25, -0.2) is 19.6 Å². The molecule has 1 aromatic carbocycles. The molecule has 0 spiro atoms. The van der Waals surface area contributed by atoms with E-state index >= 15 is 0 Å². The van der Waals surface area contributed by atoms with Crippen molar-refractivity contribution in [1.29, 1.82) is 0 Å². The van der Waals surface area contributed by atoms with Gasteiger partial charge < -0.3 is 19.3 Å². The lowest BCUT2D eigenvalue weighted by Crippen LogP contribution is -2.49. The molecule has 0 atom stereocenters. The SMILES string of the molecule is COc1ccc(OC)c(C(=O)N2CCN(c3cc(-n4cncn4)ncn3)CC2)c1. The third-order valence-electron chi connectivity index (χ3n) is 4.82. The minimum absolute atomic E-state index is 0.0774. The Morgan fingerprint density at radius 1 is 0.966 bits per heavy atom. The Morgan fingerprint density at radius 2 is 1.76 bits per heavy atom. The van der Waals surface area contributed by atoms with Gasteiger partial charge in [0.15, 0.2) is 5.82 Å². The lowest BCUT2D eigenvalue weighted by Gasteiger charge is -2.35. The summed E-state index contributed by atoms with van der Waals surface area (Å²) in [6.45, 7) is 2.46. The van der Waals surface area contributed by atoms with Crippen LogP contribution in [0.15, 0.2) is 43.2 Å². The van der Waals surface area contributed by atoms with Crippen LogP contribution in [0.2, 0.25) is 0 Å². The quantitative estimate of drug-likeness (QED) is 0.632. The summed E-state index contributed by atoms with van der Waals surface area (Å²) in [7, 11) is 3.13. The first-order chi connectivity index (χ1) is 14.2. The number of carbonyl (C=O) groups excluding carboxylic acids is 1. The number of carbonyl (C=O) groups is 1. The van der Waals surface area contributed by atoms with Crippen LogP contribution in [0.5, 0.6) is 11.5 Å². The first-order valence-electron chi connectivity index (χ1n) is 9.13. The molecule has 3 heterocycles. The fraction of sp³-hybridized carbons (Fsp3) is 0.316. The number of anilines is 1. The van der Waals surface area contributed by atoms with Gasteiger partial charge in [-0.2, -0.15) is 5.10 Å². The van der Waals surface area contributed by atoms with Crippen molar-refractivity contribution in [2.24, 2.45) is 0 Å². The van der Waals surface area contributed by atoms with Gasteiger partial charge >= 0.3 is 0 Å². The molecule has 2 aromatic heterocycles. The standard InChI is InChI=1S/C19H21N7O3/c1-28-14-3-4-16(29-2)15(9-14)19(27)25-7-5-24(6-8-25)17-10-18(22-12-21-17)26-13-20-11-23-26/h3-4,9-13H,5-8H2,1-2H3. The van der Waals surface area contributed by atoms with E-state index in [2.05, 4.69) is 25.0 Å². The first-order valence-corrected chi connectivity index (χ1v) is 9.13. The van der Waals surface area contributed by atoms with Crippen LogP contribution in [0.4, 0.5) is 5.82 Å². The summed E-state index contributed by atoms with van der Waals surface area (Å²) in [6.07, 6.45) is 4.55. The fourth-order valence-corrected chi connectivity index (χ4v) is 3.25. The molecule has 0 unspecified atom stereocenters. The lowest BCUT2D eigenvalue weighted by molar-refractivity contribution is 0.0742. The molecule has 1 fully saturated rings. The van der Waals surface area contributed by atoms with E-state index in [4.69, 9.17) is 9.47 Å². The van der Waals surface area contributed by atoms with Crippen molar-refractivity contribution in [2.75, 3.05) is 45.3 Å². The number of methoxy groups -OCH3 is 2. The summed E-state index contributed by atoms with van der Waals surface area (Å²) in [6, 6.07) is 7.09. The van der Waals surface area contributed by atoms with Gasteiger partial charge in [0.1, 0.15) is 36.3 Å². The summed E-state index contributed by atoms with van der Waals surface area (Å²) in [5.41, 5.74) is 0.496. The van der Waals surface area contributed by atoms with E-state index in [9.17, 15) is 4.79 Å². The Morgan fingerprint density at radius 3 is 2.45 bits per heavy atom. The molecule has 3 aromatic rings. The molecule has 150 valence electrons. The Hall–Kier alpha value is -3.69. The van der Waals surface area contributed by atoms with Crippen molar-refractivity contribution < 1.29 is 14.3 Å². The van der Waals surface area contributed by atoms with Crippen molar-refractivity contribution in [3.63, 3.8) is 0 Å². The van der Waals surface area contributed by atoms with Gasteiger partial charge in [0.05, 0.1) is 19.8 Å². The highest BCUT2D eigenvalue weighted by atomic mass is 16.5. The van der Waals surface area contributed by atoms with Gasteiger partial charge in [-0.15, -0.1) is 0 Å². The van der Waals surface area contributed by atoms with Gasteiger partial charge in [-0.1, -0.05) is 0 Å². The predicted molar refractivity (Wildman–Crippen MR) is 105 cm³/mol. The number of amides is 1. The second-order valence-corrected chi connectivity index (χ2v) is 6.42. The summed E-state index contributed by atoms with van der Waals surface area (Å²) in [4.78, 5) is 29.5. The molecule has 0 radical (unpaired) electrons. The van der Waals surface area contributed by atoms with Crippen LogP contribution >= 0.6 is 0 Å². The topological polar surface area (TPSA) is 98.5 Å². The smallest absolute Gasteiger partial charge is 0.257 e. The Bertz CT molecular complexity index is 985. The number of aromatic nitrogens is 5. The average molecular weight is 395 g/mol. The maximum absolute atomic E-state index is 13.0. The monoisotopic (exact) mass is 395 g/mol. The maximum atomic E-state index is 13.0. The lowest BCUT2D eigenvalue weighted by atomic mass is 10.1. The van der Waals surface area contributed by atoms with Crippen molar-refractivity contribution in [3.05, 3.63) is 48.8 Å². The average Bonchev–Trinajstić information content (AvgIpc) is 3.33. The number of nitrogens with zero attached hydrogens (tertiary/aromatic N) is 7. The molecule has 4 rings (SSSR count). The van der Waals surface area contributed by atoms with E-state index in [1.807, 2.05) is 11.0 Å². The number of ether oxygens (including phenoxy) is 2.